The van der Waals surface area contributed by atoms with E-state index in [2.05, 4.69) is 13.8 Å². The number of hydrogen-bond acceptors (Lipinski definition) is 1. The number of hydrogen-bond donors (Lipinski definition) is 0. The van der Waals surface area contributed by atoms with Crippen LogP contribution in [0.5, 0.6) is 0 Å². The van der Waals surface area contributed by atoms with Crippen LogP contribution in [0, 0.1) is 17.3 Å². The molecule has 0 atom stereocenters. The first-order valence-electron chi connectivity index (χ1n) is 7.07. The zero-order chi connectivity index (χ0) is 13.4. The highest BCUT2D eigenvalue weighted by Gasteiger charge is 2.46. The van der Waals surface area contributed by atoms with Crippen LogP contribution in [0.2, 0.25) is 0 Å². The van der Waals surface area contributed by atoms with Crippen LogP contribution in [0.4, 0.5) is 13.2 Å². The Morgan fingerprint density at radius 2 is 1.72 bits per heavy atom. The Morgan fingerprint density at radius 1 is 1.17 bits per heavy atom. The molecule has 2 fully saturated rings. The minimum Gasteiger partial charge on any atom is -0.295 e. The zero-order valence-corrected chi connectivity index (χ0v) is 11.4. The third kappa shape index (κ3) is 3.62. The third-order valence-corrected chi connectivity index (χ3v) is 4.57. The van der Waals surface area contributed by atoms with Crippen molar-refractivity contribution in [2.75, 3.05) is 19.6 Å². The monoisotopic (exact) mass is 263 g/mol. The Hall–Kier alpha value is -0.250. The second kappa shape index (κ2) is 5.03. The van der Waals surface area contributed by atoms with E-state index in [1.165, 1.54) is 19.3 Å². The largest absolute Gasteiger partial charge is 0.401 e. The summed E-state index contributed by atoms with van der Waals surface area (Å²) in [4.78, 5) is 1.57. The standard InChI is InChI=1S/C14H24F3N/c1-11(2)7-12-8-13(9-12)3-5-18(6-4-13)10-14(15,16)17/h11-12H,3-10H2,1-2H3. The predicted molar refractivity (Wildman–Crippen MR) is 66.3 cm³/mol. The molecular formula is C14H24F3N. The van der Waals surface area contributed by atoms with Crippen LogP contribution in [0.15, 0.2) is 0 Å². The second-order valence-electron chi connectivity index (χ2n) is 6.80. The van der Waals surface area contributed by atoms with Gasteiger partial charge in [0, 0.05) is 0 Å². The maximum absolute atomic E-state index is 12.3. The maximum Gasteiger partial charge on any atom is 0.401 e. The molecule has 2 rings (SSSR count). The molecule has 2 aliphatic rings. The van der Waals surface area contributed by atoms with Crippen molar-refractivity contribution in [2.24, 2.45) is 17.3 Å². The van der Waals surface area contributed by atoms with Crippen molar-refractivity contribution in [1.29, 1.82) is 0 Å². The van der Waals surface area contributed by atoms with Gasteiger partial charge < -0.3 is 0 Å². The molecule has 0 bridgehead atoms. The quantitative estimate of drug-likeness (QED) is 0.741. The Balaban J connectivity index is 1.72. The molecule has 0 radical (unpaired) electrons. The van der Waals surface area contributed by atoms with E-state index in [4.69, 9.17) is 0 Å². The summed E-state index contributed by atoms with van der Waals surface area (Å²) in [6, 6.07) is 0. The van der Waals surface area contributed by atoms with Crippen molar-refractivity contribution in [2.45, 2.75) is 52.1 Å². The maximum atomic E-state index is 12.3. The molecule has 4 heteroatoms. The van der Waals surface area contributed by atoms with Gasteiger partial charge in [-0.05, 0) is 62.4 Å². The average molecular weight is 263 g/mol. The van der Waals surface area contributed by atoms with Crippen molar-refractivity contribution in [3.63, 3.8) is 0 Å². The minimum atomic E-state index is -4.04. The molecule has 1 saturated carbocycles. The number of likely N-dealkylation sites (tertiary alicyclic amines) is 1. The summed E-state index contributed by atoms with van der Waals surface area (Å²) >= 11 is 0. The van der Waals surface area contributed by atoms with E-state index in [1.54, 1.807) is 4.90 Å². The predicted octanol–water partition coefficient (Wildman–Crippen LogP) is 4.09. The molecule has 106 valence electrons. The van der Waals surface area contributed by atoms with Crippen molar-refractivity contribution >= 4 is 0 Å². The van der Waals surface area contributed by atoms with E-state index in [1.807, 2.05) is 0 Å². The first kappa shape index (κ1) is 14.2. The van der Waals surface area contributed by atoms with Gasteiger partial charge in [0.2, 0.25) is 0 Å². The highest BCUT2D eigenvalue weighted by atomic mass is 19.4. The van der Waals surface area contributed by atoms with Gasteiger partial charge in [-0.25, -0.2) is 0 Å². The normalized spacial score (nSPS) is 25.7. The fraction of sp³-hybridized carbons (Fsp3) is 1.00. The molecule has 1 aliphatic carbocycles. The summed E-state index contributed by atoms with van der Waals surface area (Å²) in [5.41, 5.74) is 0.404. The van der Waals surface area contributed by atoms with E-state index in [0.29, 0.717) is 18.5 Å². The molecule has 0 aromatic rings. The van der Waals surface area contributed by atoms with Gasteiger partial charge in [0.25, 0.3) is 0 Å². The Kier molecular flexibility index (Phi) is 3.96. The number of alkyl halides is 3. The number of halogens is 3. The van der Waals surface area contributed by atoms with Gasteiger partial charge in [0.05, 0.1) is 6.54 Å². The molecule has 1 heterocycles. The Morgan fingerprint density at radius 3 is 2.17 bits per heavy atom. The number of nitrogens with zero attached hydrogens (tertiary/aromatic N) is 1. The highest BCUT2D eigenvalue weighted by molar-refractivity contribution is 4.97. The number of rotatable bonds is 3. The highest BCUT2D eigenvalue weighted by Crippen LogP contribution is 2.54. The van der Waals surface area contributed by atoms with Crippen LogP contribution in [-0.2, 0) is 0 Å². The van der Waals surface area contributed by atoms with Crippen molar-refractivity contribution in [1.82, 2.24) is 4.90 Å². The summed E-state index contributed by atoms with van der Waals surface area (Å²) in [6.45, 7) is 5.04. The summed E-state index contributed by atoms with van der Waals surface area (Å²) in [7, 11) is 0. The van der Waals surface area contributed by atoms with E-state index in [0.717, 1.165) is 24.7 Å². The average Bonchev–Trinajstić information content (AvgIpc) is 2.15. The molecule has 0 N–H and O–H groups in total. The van der Waals surface area contributed by atoms with Gasteiger partial charge in [-0.2, -0.15) is 13.2 Å². The Labute approximate surface area is 108 Å². The first-order valence-corrected chi connectivity index (χ1v) is 7.07. The van der Waals surface area contributed by atoms with E-state index in [9.17, 15) is 13.2 Å². The summed E-state index contributed by atoms with van der Waals surface area (Å²) in [5.74, 6) is 1.58. The molecule has 0 aromatic carbocycles. The minimum absolute atomic E-state index is 0.404. The smallest absolute Gasteiger partial charge is 0.295 e. The molecule has 18 heavy (non-hydrogen) atoms. The molecule has 1 aliphatic heterocycles. The summed E-state index contributed by atoms with van der Waals surface area (Å²) in [5, 5.41) is 0. The third-order valence-electron chi connectivity index (χ3n) is 4.57. The number of piperidine rings is 1. The summed E-state index contributed by atoms with van der Waals surface area (Å²) < 4.78 is 36.9. The summed E-state index contributed by atoms with van der Waals surface area (Å²) in [6.07, 6.45) is 1.70. The van der Waals surface area contributed by atoms with Crippen molar-refractivity contribution in [3.8, 4) is 0 Å². The first-order chi connectivity index (χ1) is 8.28. The van der Waals surface area contributed by atoms with Crippen LogP contribution >= 0.6 is 0 Å². The lowest BCUT2D eigenvalue weighted by atomic mass is 9.56. The molecule has 0 unspecified atom stereocenters. The second-order valence-corrected chi connectivity index (χ2v) is 6.80. The molecule has 0 aromatic heterocycles. The molecule has 0 amide bonds. The van der Waals surface area contributed by atoms with Crippen LogP contribution < -0.4 is 0 Å². The van der Waals surface area contributed by atoms with Crippen LogP contribution in [0.25, 0.3) is 0 Å². The fourth-order valence-electron chi connectivity index (χ4n) is 3.85. The van der Waals surface area contributed by atoms with Gasteiger partial charge in [-0.1, -0.05) is 13.8 Å². The van der Waals surface area contributed by atoms with Gasteiger partial charge in [-0.15, -0.1) is 0 Å². The SMILES string of the molecule is CC(C)CC1CC2(CCN(CC(F)(F)F)CC2)C1. The lowest BCUT2D eigenvalue weighted by molar-refractivity contribution is -0.154. The van der Waals surface area contributed by atoms with Gasteiger partial charge in [0.15, 0.2) is 0 Å². The van der Waals surface area contributed by atoms with Gasteiger partial charge in [-0.3, -0.25) is 4.90 Å². The lowest BCUT2D eigenvalue weighted by Gasteiger charge is -2.53. The van der Waals surface area contributed by atoms with Gasteiger partial charge in [0.1, 0.15) is 0 Å². The van der Waals surface area contributed by atoms with E-state index in [-0.39, 0.29) is 0 Å². The zero-order valence-electron chi connectivity index (χ0n) is 11.4. The molecule has 1 nitrogen and oxygen atoms in total. The van der Waals surface area contributed by atoms with Crippen LogP contribution in [0.3, 0.4) is 0 Å². The van der Waals surface area contributed by atoms with Crippen LogP contribution in [-0.4, -0.2) is 30.7 Å². The van der Waals surface area contributed by atoms with Crippen molar-refractivity contribution < 1.29 is 13.2 Å². The molecule has 1 saturated heterocycles. The van der Waals surface area contributed by atoms with E-state index < -0.39 is 12.7 Å². The van der Waals surface area contributed by atoms with Crippen molar-refractivity contribution in [3.05, 3.63) is 0 Å². The Bertz CT molecular complexity index is 269. The topological polar surface area (TPSA) is 3.24 Å². The van der Waals surface area contributed by atoms with Gasteiger partial charge >= 0.3 is 6.18 Å². The molecule has 1 spiro atoms. The fourth-order valence-corrected chi connectivity index (χ4v) is 3.85. The molecular weight excluding hydrogens is 239 g/mol. The lowest BCUT2D eigenvalue weighted by Crippen LogP contribution is -2.49. The van der Waals surface area contributed by atoms with E-state index >= 15 is 0 Å². The van der Waals surface area contributed by atoms with Crippen LogP contribution in [0.1, 0.15) is 46.0 Å².